The van der Waals surface area contributed by atoms with Gasteiger partial charge in [-0.15, -0.1) is 0 Å². The van der Waals surface area contributed by atoms with Gasteiger partial charge in [-0.3, -0.25) is 0 Å². The van der Waals surface area contributed by atoms with E-state index in [1.807, 2.05) is 6.92 Å². The summed E-state index contributed by atoms with van der Waals surface area (Å²) in [6.07, 6.45) is 3.27. The van der Waals surface area contributed by atoms with Crippen LogP contribution in [0.3, 0.4) is 0 Å². The van der Waals surface area contributed by atoms with Gasteiger partial charge in [0.1, 0.15) is 11.4 Å². The Hall–Kier alpha value is -0.760. The van der Waals surface area contributed by atoms with Crippen LogP contribution in [0.15, 0.2) is 22.8 Å². The lowest BCUT2D eigenvalue weighted by Crippen LogP contribution is -2.19. The summed E-state index contributed by atoms with van der Waals surface area (Å²) in [4.78, 5) is 0. The van der Waals surface area contributed by atoms with Crippen molar-refractivity contribution in [2.24, 2.45) is 0 Å². The molecule has 2 heteroatoms. The molecule has 1 atom stereocenters. The Labute approximate surface area is 66.8 Å². The van der Waals surface area contributed by atoms with Gasteiger partial charge >= 0.3 is 0 Å². The van der Waals surface area contributed by atoms with E-state index in [1.165, 1.54) is 0 Å². The first kappa shape index (κ1) is 8.34. The van der Waals surface area contributed by atoms with E-state index >= 15 is 0 Å². The van der Waals surface area contributed by atoms with Crippen molar-refractivity contribution in [3.05, 3.63) is 24.2 Å². The van der Waals surface area contributed by atoms with Crippen LogP contribution < -0.4 is 0 Å². The van der Waals surface area contributed by atoms with Gasteiger partial charge in [-0.25, -0.2) is 0 Å². The van der Waals surface area contributed by atoms with Crippen LogP contribution in [0.2, 0.25) is 0 Å². The van der Waals surface area contributed by atoms with Gasteiger partial charge in [0, 0.05) is 0 Å². The minimum Gasteiger partial charge on any atom is -0.466 e. The maximum atomic E-state index is 9.78. The molecular weight excluding hydrogens is 140 g/mol. The Balaban J connectivity index is 2.73. The highest BCUT2D eigenvalue weighted by Crippen LogP contribution is 2.25. The normalized spacial score (nSPS) is 16.3. The fourth-order valence-corrected chi connectivity index (χ4v) is 1.20. The molecule has 11 heavy (non-hydrogen) atoms. The smallest absolute Gasteiger partial charge is 0.135 e. The zero-order chi connectivity index (χ0) is 8.32. The molecule has 2 nitrogen and oxygen atoms in total. The van der Waals surface area contributed by atoms with Crippen LogP contribution in [-0.2, 0) is 5.60 Å². The SMILES string of the molecule is CCCC(C)(O)c1ccco1. The van der Waals surface area contributed by atoms with Crippen LogP contribution >= 0.6 is 0 Å². The van der Waals surface area contributed by atoms with Gasteiger partial charge in [-0.1, -0.05) is 13.3 Å². The van der Waals surface area contributed by atoms with Gasteiger partial charge in [0.2, 0.25) is 0 Å². The molecule has 0 saturated heterocycles. The van der Waals surface area contributed by atoms with E-state index in [0.717, 1.165) is 12.8 Å². The van der Waals surface area contributed by atoms with Crippen LogP contribution in [0, 0.1) is 0 Å². The third kappa shape index (κ3) is 1.84. The summed E-state index contributed by atoms with van der Waals surface area (Å²) in [7, 11) is 0. The number of rotatable bonds is 3. The summed E-state index contributed by atoms with van der Waals surface area (Å²) < 4.78 is 5.10. The van der Waals surface area contributed by atoms with Crippen molar-refractivity contribution in [3.8, 4) is 0 Å². The fraction of sp³-hybridized carbons (Fsp3) is 0.556. The maximum absolute atomic E-state index is 9.78. The van der Waals surface area contributed by atoms with E-state index < -0.39 is 5.60 Å². The van der Waals surface area contributed by atoms with Crippen molar-refractivity contribution in [3.63, 3.8) is 0 Å². The third-order valence-electron chi connectivity index (χ3n) is 1.79. The molecule has 0 aliphatic heterocycles. The van der Waals surface area contributed by atoms with Crippen LogP contribution in [-0.4, -0.2) is 5.11 Å². The fourth-order valence-electron chi connectivity index (χ4n) is 1.20. The van der Waals surface area contributed by atoms with Crippen molar-refractivity contribution in [2.75, 3.05) is 0 Å². The van der Waals surface area contributed by atoms with E-state index in [2.05, 4.69) is 0 Å². The maximum Gasteiger partial charge on any atom is 0.135 e. The van der Waals surface area contributed by atoms with Crippen LogP contribution in [0.5, 0.6) is 0 Å². The molecule has 0 amide bonds. The van der Waals surface area contributed by atoms with E-state index in [-0.39, 0.29) is 0 Å². The second-order valence-corrected chi connectivity index (χ2v) is 3.00. The summed E-state index contributed by atoms with van der Waals surface area (Å²) in [5.74, 6) is 0.652. The van der Waals surface area contributed by atoms with E-state index in [9.17, 15) is 5.11 Å². The minimum atomic E-state index is -0.793. The van der Waals surface area contributed by atoms with E-state index in [1.54, 1.807) is 25.3 Å². The summed E-state index contributed by atoms with van der Waals surface area (Å²) in [5, 5.41) is 9.78. The second-order valence-electron chi connectivity index (χ2n) is 3.00. The largest absolute Gasteiger partial charge is 0.466 e. The molecule has 0 aliphatic rings. The van der Waals surface area contributed by atoms with Gasteiger partial charge in [0.15, 0.2) is 0 Å². The van der Waals surface area contributed by atoms with Crippen molar-refractivity contribution >= 4 is 0 Å². The van der Waals surface area contributed by atoms with Gasteiger partial charge in [-0.2, -0.15) is 0 Å². The third-order valence-corrected chi connectivity index (χ3v) is 1.79. The zero-order valence-corrected chi connectivity index (χ0v) is 7.00. The van der Waals surface area contributed by atoms with Gasteiger partial charge < -0.3 is 9.52 Å². The Morgan fingerprint density at radius 1 is 1.64 bits per heavy atom. The molecule has 0 spiro atoms. The highest BCUT2D eigenvalue weighted by molar-refractivity contribution is 5.07. The summed E-state index contributed by atoms with van der Waals surface area (Å²) >= 11 is 0. The molecule has 0 saturated carbocycles. The Morgan fingerprint density at radius 3 is 2.82 bits per heavy atom. The average Bonchev–Trinajstić information content (AvgIpc) is 2.37. The zero-order valence-electron chi connectivity index (χ0n) is 7.00. The van der Waals surface area contributed by atoms with Crippen molar-refractivity contribution < 1.29 is 9.52 Å². The number of aliphatic hydroxyl groups is 1. The Bertz CT molecular complexity index is 199. The van der Waals surface area contributed by atoms with E-state index in [0.29, 0.717) is 5.76 Å². The van der Waals surface area contributed by atoms with Gasteiger partial charge in [0.05, 0.1) is 6.26 Å². The number of hydrogen-bond acceptors (Lipinski definition) is 2. The van der Waals surface area contributed by atoms with Crippen molar-refractivity contribution in [1.29, 1.82) is 0 Å². The van der Waals surface area contributed by atoms with Crippen LogP contribution in [0.4, 0.5) is 0 Å². The predicted octanol–water partition coefficient (Wildman–Crippen LogP) is 2.29. The lowest BCUT2D eigenvalue weighted by atomic mass is 9.98. The lowest BCUT2D eigenvalue weighted by molar-refractivity contribution is 0.0246. The monoisotopic (exact) mass is 154 g/mol. The molecule has 0 bridgehead atoms. The molecule has 1 rings (SSSR count). The van der Waals surface area contributed by atoms with Gasteiger partial charge in [0.25, 0.3) is 0 Å². The Morgan fingerprint density at radius 2 is 2.36 bits per heavy atom. The topological polar surface area (TPSA) is 33.4 Å². The molecular formula is C9H14O2. The highest BCUT2D eigenvalue weighted by atomic mass is 16.4. The first-order valence-corrected chi connectivity index (χ1v) is 3.93. The lowest BCUT2D eigenvalue weighted by Gasteiger charge is -2.19. The van der Waals surface area contributed by atoms with Gasteiger partial charge in [-0.05, 0) is 25.5 Å². The molecule has 1 aromatic heterocycles. The minimum absolute atomic E-state index is 0.652. The summed E-state index contributed by atoms with van der Waals surface area (Å²) in [6.45, 7) is 3.81. The standard InChI is InChI=1S/C9H14O2/c1-3-6-9(2,10)8-5-4-7-11-8/h4-5,7,10H,3,6H2,1-2H3. The molecule has 0 aromatic carbocycles. The summed E-state index contributed by atoms with van der Waals surface area (Å²) in [5.41, 5.74) is -0.793. The van der Waals surface area contributed by atoms with Crippen molar-refractivity contribution in [1.82, 2.24) is 0 Å². The number of furan rings is 1. The first-order valence-electron chi connectivity index (χ1n) is 3.93. The molecule has 0 radical (unpaired) electrons. The highest BCUT2D eigenvalue weighted by Gasteiger charge is 2.24. The quantitative estimate of drug-likeness (QED) is 0.724. The Kier molecular flexibility index (Phi) is 2.35. The molecule has 0 aliphatic carbocycles. The molecule has 1 unspecified atom stereocenters. The number of hydrogen-bond donors (Lipinski definition) is 1. The molecule has 1 N–H and O–H groups in total. The van der Waals surface area contributed by atoms with Crippen LogP contribution in [0.1, 0.15) is 32.4 Å². The molecule has 1 heterocycles. The molecule has 0 fully saturated rings. The molecule has 1 aromatic rings. The van der Waals surface area contributed by atoms with Crippen molar-refractivity contribution in [2.45, 2.75) is 32.3 Å². The average molecular weight is 154 g/mol. The molecule has 62 valence electrons. The second kappa shape index (κ2) is 3.09. The summed E-state index contributed by atoms with van der Waals surface area (Å²) in [6, 6.07) is 3.59. The predicted molar refractivity (Wildman–Crippen MR) is 43.2 cm³/mol. The van der Waals surface area contributed by atoms with E-state index in [4.69, 9.17) is 4.42 Å². The van der Waals surface area contributed by atoms with Crippen LogP contribution in [0.25, 0.3) is 0 Å². The first-order chi connectivity index (χ1) is 5.17.